The minimum atomic E-state index is -0.0565. The van der Waals surface area contributed by atoms with E-state index >= 15 is 0 Å². The van der Waals surface area contributed by atoms with Gasteiger partial charge in [-0.3, -0.25) is 4.79 Å². The second-order valence-electron chi connectivity index (χ2n) is 8.84. The van der Waals surface area contributed by atoms with Crippen molar-refractivity contribution in [2.75, 3.05) is 7.11 Å². The lowest BCUT2D eigenvalue weighted by Crippen LogP contribution is -2.11. The molecular weight excluding hydrogens is 432 g/mol. The summed E-state index contributed by atoms with van der Waals surface area (Å²) < 4.78 is 11.8. The Balaban J connectivity index is 1.46. The van der Waals surface area contributed by atoms with Crippen LogP contribution < -0.4 is 15.0 Å². The first kappa shape index (κ1) is 21.7. The van der Waals surface area contributed by atoms with Crippen molar-refractivity contribution in [1.82, 2.24) is 9.97 Å². The highest BCUT2D eigenvalue weighted by atomic mass is 32.1. The van der Waals surface area contributed by atoms with Gasteiger partial charge in [0.25, 0.3) is 5.56 Å². The van der Waals surface area contributed by atoms with Gasteiger partial charge in [-0.2, -0.15) is 0 Å². The molecule has 0 unspecified atom stereocenters. The van der Waals surface area contributed by atoms with Crippen molar-refractivity contribution < 1.29 is 9.47 Å². The average Bonchev–Trinajstić information content (AvgIpc) is 3.17. The molecule has 0 radical (unpaired) electrons. The summed E-state index contributed by atoms with van der Waals surface area (Å²) in [6.45, 7) is 6.79. The maximum Gasteiger partial charge on any atom is 0.260 e. The van der Waals surface area contributed by atoms with Gasteiger partial charge in [0.15, 0.2) is 11.5 Å². The van der Waals surface area contributed by atoms with Gasteiger partial charge >= 0.3 is 0 Å². The number of thiophene rings is 1. The number of aromatic nitrogens is 2. The highest BCUT2D eigenvalue weighted by molar-refractivity contribution is 7.18. The number of aromatic amines is 1. The van der Waals surface area contributed by atoms with Gasteiger partial charge in [0, 0.05) is 10.4 Å². The smallest absolute Gasteiger partial charge is 0.260 e. The molecule has 1 aliphatic carbocycles. The summed E-state index contributed by atoms with van der Waals surface area (Å²) in [5.74, 6) is 1.83. The Bertz CT molecular complexity index is 1390. The summed E-state index contributed by atoms with van der Waals surface area (Å²) >= 11 is 1.66. The van der Waals surface area contributed by atoms with Crippen molar-refractivity contribution in [3.8, 4) is 22.9 Å². The monoisotopic (exact) mass is 460 g/mol. The molecule has 0 atom stereocenters. The molecule has 2 aromatic heterocycles. The van der Waals surface area contributed by atoms with Crippen LogP contribution in [0, 0.1) is 20.8 Å². The van der Waals surface area contributed by atoms with Crippen LogP contribution in [0.2, 0.25) is 0 Å². The Labute approximate surface area is 197 Å². The normalized spacial score (nSPS) is 13.2. The van der Waals surface area contributed by atoms with Gasteiger partial charge in [0.2, 0.25) is 0 Å². The van der Waals surface area contributed by atoms with E-state index in [-0.39, 0.29) is 5.56 Å². The second-order valence-corrected chi connectivity index (χ2v) is 9.92. The van der Waals surface area contributed by atoms with Crippen LogP contribution in [0.15, 0.2) is 35.1 Å². The molecule has 33 heavy (non-hydrogen) atoms. The fourth-order valence-electron chi connectivity index (χ4n) is 4.82. The van der Waals surface area contributed by atoms with E-state index in [0.29, 0.717) is 23.9 Å². The highest BCUT2D eigenvalue weighted by Gasteiger charge is 2.20. The zero-order valence-electron chi connectivity index (χ0n) is 19.5. The highest BCUT2D eigenvalue weighted by Crippen LogP contribution is 2.36. The summed E-state index contributed by atoms with van der Waals surface area (Å²) in [7, 11) is 1.63. The summed E-state index contributed by atoms with van der Waals surface area (Å²) in [6, 6.07) is 10.0. The van der Waals surface area contributed by atoms with Crippen LogP contribution in [0.25, 0.3) is 21.6 Å². The summed E-state index contributed by atoms with van der Waals surface area (Å²) in [6.07, 6.45) is 4.34. The molecule has 1 N–H and O–H groups in total. The predicted octanol–water partition coefficient (Wildman–Crippen LogP) is 6.04. The van der Waals surface area contributed by atoms with Gasteiger partial charge in [0.05, 0.1) is 12.5 Å². The number of nitrogens with zero attached hydrogens (tertiary/aromatic N) is 1. The lowest BCUT2D eigenvalue weighted by molar-refractivity contribution is 0.283. The molecule has 5 rings (SSSR count). The van der Waals surface area contributed by atoms with Crippen LogP contribution in [-0.2, 0) is 19.4 Å². The first-order chi connectivity index (χ1) is 15.9. The molecule has 2 aromatic carbocycles. The third-order valence-electron chi connectivity index (χ3n) is 6.47. The van der Waals surface area contributed by atoms with E-state index in [0.717, 1.165) is 35.0 Å². The van der Waals surface area contributed by atoms with E-state index < -0.39 is 0 Å². The van der Waals surface area contributed by atoms with Crippen LogP contribution >= 0.6 is 11.3 Å². The van der Waals surface area contributed by atoms with Gasteiger partial charge in [-0.25, -0.2) is 4.98 Å². The third kappa shape index (κ3) is 4.04. The molecule has 0 saturated heterocycles. The Morgan fingerprint density at radius 3 is 2.55 bits per heavy atom. The summed E-state index contributed by atoms with van der Waals surface area (Å²) in [5.41, 5.74) is 6.81. The van der Waals surface area contributed by atoms with Gasteiger partial charge in [-0.05, 0) is 86.9 Å². The number of ether oxygens (including phenoxy) is 2. The van der Waals surface area contributed by atoms with Gasteiger partial charge in [0.1, 0.15) is 17.3 Å². The number of aryl methyl sites for hydroxylation is 5. The molecule has 0 amide bonds. The molecule has 4 aromatic rings. The van der Waals surface area contributed by atoms with Crippen LogP contribution in [0.1, 0.15) is 45.5 Å². The molecule has 5 nitrogen and oxygen atoms in total. The second kappa shape index (κ2) is 8.67. The van der Waals surface area contributed by atoms with E-state index in [9.17, 15) is 4.79 Å². The van der Waals surface area contributed by atoms with Crippen LogP contribution in [0.3, 0.4) is 0 Å². The maximum atomic E-state index is 12.9. The molecule has 0 aliphatic heterocycles. The number of hydrogen-bond acceptors (Lipinski definition) is 5. The molecule has 6 heteroatoms. The van der Waals surface area contributed by atoms with Gasteiger partial charge in [-0.1, -0.05) is 17.7 Å². The first-order valence-corrected chi connectivity index (χ1v) is 12.2. The fourth-order valence-corrected chi connectivity index (χ4v) is 6.08. The lowest BCUT2D eigenvalue weighted by Gasteiger charge is -2.15. The number of methoxy groups -OCH3 is 1. The van der Waals surface area contributed by atoms with Crippen molar-refractivity contribution >= 4 is 21.6 Å². The van der Waals surface area contributed by atoms with E-state index in [1.54, 1.807) is 18.4 Å². The molecule has 1 aliphatic rings. The van der Waals surface area contributed by atoms with Crippen molar-refractivity contribution in [3.63, 3.8) is 0 Å². The average molecular weight is 461 g/mol. The minimum absolute atomic E-state index is 0.0565. The van der Waals surface area contributed by atoms with Crippen molar-refractivity contribution in [3.05, 3.63) is 73.4 Å². The van der Waals surface area contributed by atoms with Crippen molar-refractivity contribution in [1.29, 1.82) is 0 Å². The molecule has 2 heterocycles. The van der Waals surface area contributed by atoms with E-state index in [2.05, 4.69) is 37.9 Å². The van der Waals surface area contributed by atoms with E-state index in [4.69, 9.17) is 14.5 Å². The summed E-state index contributed by atoms with van der Waals surface area (Å²) in [4.78, 5) is 22.9. The number of H-pyrrole nitrogens is 1. The zero-order valence-corrected chi connectivity index (χ0v) is 20.3. The first-order valence-electron chi connectivity index (χ1n) is 11.4. The Morgan fingerprint density at radius 1 is 1.03 bits per heavy atom. The zero-order chi connectivity index (χ0) is 23.1. The number of nitrogens with one attached hydrogen (secondary N) is 1. The van der Waals surface area contributed by atoms with Crippen LogP contribution in [0.4, 0.5) is 0 Å². The number of hydrogen-bond donors (Lipinski definition) is 1. The van der Waals surface area contributed by atoms with E-state index in [1.165, 1.54) is 39.1 Å². The number of fused-ring (bicyclic) bond motifs is 3. The van der Waals surface area contributed by atoms with Crippen LogP contribution in [-0.4, -0.2) is 17.1 Å². The molecule has 170 valence electrons. The fraction of sp³-hybridized carbons (Fsp3) is 0.333. The van der Waals surface area contributed by atoms with Gasteiger partial charge in [-0.15, -0.1) is 11.3 Å². The van der Waals surface area contributed by atoms with Crippen molar-refractivity contribution in [2.24, 2.45) is 0 Å². The quantitative estimate of drug-likeness (QED) is 0.394. The predicted molar refractivity (Wildman–Crippen MR) is 134 cm³/mol. The van der Waals surface area contributed by atoms with Gasteiger partial charge < -0.3 is 14.5 Å². The lowest BCUT2D eigenvalue weighted by atomic mass is 9.97. The molecule has 0 bridgehead atoms. The molecule has 0 saturated carbocycles. The maximum absolute atomic E-state index is 12.9. The van der Waals surface area contributed by atoms with E-state index in [1.807, 2.05) is 18.2 Å². The molecule has 0 fully saturated rings. The topological polar surface area (TPSA) is 64.2 Å². The Kier molecular flexibility index (Phi) is 5.71. The molecule has 0 spiro atoms. The SMILES string of the molecule is COc1cc(-c2nc3sc4c(c3c(=O)[nH]2)CCCC4)ccc1OCc1c(C)cc(C)cc1C. The minimum Gasteiger partial charge on any atom is -0.493 e. The Hall–Kier alpha value is -3.12. The number of benzene rings is 2. The third-order valence-corrected chi connectivity index (χ3v) is 7.66. The largest absolute Gasteiger partial charge is 0.493 e. The standard InChI is InChI=1S/C27H28N2O3S/c1-15-11-16(2)20(17(3)12-15)14-32-21-10-9-18(13-22(21)31-4)25-28-26(30)24-19-7-5-6-8-23(19)33-27(24)29-25/h9-13H,5-8,14H2,1-4H3,(H,28,29,30). The van der Waals surface area contributed by atoms with Crippen molar-refractivity contribution in [2.45, 2.75) is 53.1 Å². The molecular formula is C27H28N2O3S. The Morgan fingerprint density at radius 2 is 1.79 bits per heavy atom. The summed E-state index contributed by atoms with van der Waals surface area (Å²) in [5, 5.41) is 0.772. The number of rotatable bonds is 5. The van der Waals surface area contributed by atoms with Crippen LogP contribution in [0.5, 0.6) is 11.5 Å².